The molecule has 2 aromatic rings. The van der Waals surface area contributed by atoms with Gasteiger partial charge in [-0.25, -0.2) is 4.39 Å². The lowest BCUT2D eigenvalue weighted by Gasteiger charge is -2.06. The number of hydrogen-bond donors (Lipinski definition) is 2. The van der Waals surface area contributed by atoms with Crippen LogP contribution in [0.25, 0.3) is 0 Å². The number of aromatic amines is 1. The average molecular weight is 334 g/mol. The van der Waals surface area contributed by atoms with Gasteiger partial charge in [-0.2, -0.15) is 5.10 Å². The molecule has 0 unspecified atom stereocenters. The number of nitrogens with zero attached hydrogens (tertiary/aromatic N) is 2. The van der Waals surface area contributed by atoms with Gasteiger partial charge in [0.25, 0.3) is 0 Å². The van der Waals surface area contributed by atoms with Crippen molar-refractivity contribution in [2.75, 3.05) is 6.54 Å². The van der Waals surface area contributed by atoms with E-state index in [1.807, 2.05) is 11.5 Å². The van der Waals surface area contributed by atoms with Crippen LogP contribution in [0.4, 0.5) is 4.39 Å². The van der Waals surface area contributed by atoms with E-state index in [4.69, 9.17) is 12.2 Å². The first-order valence-corrected chi connectivity index (χ1v) is 8.18. The molecule has 0 saturated heterocycles. The van der Waals surface area contributed by atoms with E-state index in [9.17, 15) is 9.18 Å². The molecule has 1 aromatic heterocycles. The van der Waals surface area contributed by atoms with Crippen LogP contribution in [0.2, 0.25) is 0 Å². The number of amides is 1. The van der Waals surface area contributed by atoms with Crippen LogP contribution in [0.1, 0.15) is 30.7 Å². The minimum Gasteiger partial charge on any atom is -0.355 e. The Bertz CT molecular complexity index is 752. The van der Waals surface area contributed by atoms with E-state index < -0.39 is 0 Å². The van der Waals surface area contributed by atoms with Gasteiger partial charge in [-0.1, -0.05) is 12.1 Å². The molecule has 1 aromatic carbocycles. The van der Waals surface area contributed by atoms with Crippen LogP contribution in [0, 0.1) is 16.5 Å². The van der Waals surface area contributed by atoms with Crippen LogP contribution >= 0.6 is 12.2 Å². The van der Waals surface area contributed by atoms with Crippen molar-refractivity contribution < 1.29 is 9.18 Å². The van der Waals surface area contributed by atoms with Gasteiger partial charge in [-0.15, -0.1) is 0 Å². The van der Waals surface area contributed by atoms with Crippen molar-refractivity contribution in [3.8, 4) is 0 Å². The highest BCUT2D eigenvalue weighted by Crippen LogP contribution is 2.47. The molecule has 0 spiro atoms. The van der Waals surface area contributed by atoms with Gasteiger partial charge in [0.2, 0.25) is 5.91 Å². The molecule has 7 heteroatoms. The van der Waals surface area contributed by atoms with Crippen molar-refractivity contribution in [2.45, 2.75) is 32.2 Å². The highest BCUT2D eigenvalue weighted by atomic mass is 32.1. The van der Waals surface area contributed by atoms with Gasteiger partial charge in [0.05, 0.1) is 0 Å². The van der Waals surface area contributed by atoms with Crippen molar-refractivity contribution in [2.24, 2.45) is 5.92 Å². The zero-order valence-corrected chi connectivity index (χ0v) is 13.7. The second kappa shape index (κ2) is 6.62. The average Bonchev–Trinajstić information content (AvgIpc) is 3.26. The lowest BCUT2D eigenvalue weighted by Crippen LogP contribution is -2.28. The van der Waals surface area contributed by atoms with Crippen LogP contribution in [-0.4, -0.2) is 27.2 Å². The molecule has 2 N–H and O–H groups in total. The molecule has 0 bridgehead atoms. The summed E-state index contributed by atoms with van der Waals surface area (Å²) >= 11 is 5.14. The number of H-pyrrole nitrogens is 1. The Labute approximate surface area is 138 Å². The van der Waals surface area contributed by atoms with Crippen LogP contribution in [0.15, 0.2) is 24.3 Å². The van der Waals surface area contributed by atoms with Crippen molar-refractivity contribution >= 4 is 18.1 Å². The van der Waals surface area contributed by atoms with Crippen LogP contribution in [0.3, 0.4) is 0 Å². The fourth-order valence-electron chi connectivity index (χ4n) is 2.86. The number of rotatable bonds is 6. The zero-order chi connectivity index (χ0) is 16.4. The maximum absolute atomic E-state index is 12.9. The van der Waals surface area contributed by atoms with Gasteiger partial charge in [0.15, 0.2) is 4.77 Å². The molecule has 1 aliphatic rings. The highest BCUT2D eigenvalue weighted by Gasteiger charge is 2.43. The molecule has 3 rings (SSSR count). The van der Waals surface area contributed by atoms with E-state index in [1.54, 1.807) is 12.1 Å². The first-order chi connectivity index (χ1) is 11.1. The molecule has 0 radical (unpaired) electrons. The number of aromatic nitrogens is 3. The van der Waals surface area contributed by atoms with Crippen LogP contribution in [-0.2, 0) is 17.8 Å². The summed E-state index contributed by atoms with van der Waals surface area (Å²) in [7, 11) is 0. The monoisotopic (exact) mass is 334 g/mol. The summed E-state index contributed by atoms with van der Waals surface area (Å²) in [6.45, 7) is 3.30. The Morgan fingerprint density at radius 3 is 2.91 bits per heavy atom. The highest BCUT2D eigenvalue weighted by molar-refractivity contribution is 7.71. The minimum atomic E-state index is -0.250. The molecule has 1 saturated carbocycles. The molecular formula is C16H19FN4OS. The summed E-state index contributed by atoms with van der Waals surface area (Å²) < 4.78 is 15.4. The fourth-order valence-corrected chi connectivity index (χ4v) is 3.14. The predicted octanol–water partition coefficient (Wildman–Crippen LogP) is 2.56. The third-order valence-electron chi connectivity index (χ3n) is 4.23. The fraction of sp³-hybridized carbons (Fsp3) is 0.438. The van der Waals surface area contributed by atoms with E-state index in [2.05, 4.69) is 15.5 Å². The van der Waals surface area contributed by atoms with Gasteiger partial charge in [-0.05, 0) is 49.2 Å². The first kappa shape index (κ1) is 15.9. The van der Waals surface area contributed by atoms with E-state index in [0.29, 0.717) is 17.7 Å². The van der Waals surface area contributed by atoms with Crippen LogP contribution < -0.4 is 5.32 Å². The van der Waals surface area contributed by atoms with Crippen LogP contribution in [0.5, 0.6) is 0 Å². The van der Waals surface area contributed by atoms with Gasteiger partial charge < -0.3 is 9.88 Å². The normalized spacial score (nSPS) is 19.6. The van der Waals surface area contributed by atoms with E-state index in [-0.39, 0.29) is 23.6 Å². The SMILES string of the molecule is CCn1c(CCNC(=O)[C@@H]2C[C@@H]2c2ccc(F)cc2)n[nH]c1=S. The molecular weight excluding hydrogens is 315 g/mol. The molecule has 5 nitrogen and oxygen atoms in total. The largest absolute Gasteiger partial charge is 0.355 e. The Kier molecular flexibility index (Phi) is 4.56. The molecule has 1 heterocycles. The molecule has 2 atom stereocenters. The maximum Gasteiger partial charge on any atom is 0.223 e. The van der Waals surface area contributed by atoms with E-state index in [1.165, 1.54) is 12.1 Å². The summed E-state index contributed by atoms with van der Waals surface area (Å²) in [6, 6.07) is 6.39. The van der Waals surface area contributed by atoms with Gasteiger partial charge >= 0.3 is 0 Å². The molecule has 1 amide bonds. The maximum atomic E-state index is 12.9. The smallest absolute Gasteiger partial charge is 0.223 e. The second-order valence-electron chi connectivity index (χ2n) is 5.73. The standard InChI is InChI=1S/C16H19FN4OS/c1-2-21-14(19-20-16(21)23)7-8-18-15(22)13-9-12(13)10-3-5-11(17)6-4-10/h3-6,12-13H,2,7-9H2,1H3,(H,18,22)(H,20,23)/t12-,13-/m1/s1. The van der Waals surface area contributed by atoms with Crippen molar-refractivity contribution in [3.63, 3.8) is 0 Å². The molecule has 23 heavy (non-hydrogen) atoms. The summed E-state index contributed by atoms with van der Waals surface area (Å²) in [5, 5.41) is 9.89. The van der Waals surface area contributed by atoms with Crippen molar-refractivity contribution in [1.82, 2.24) is 20.1 Å². The number of benzene rings is 1. The third-order valence-corrected chi connectivity index (χ3v) is 4.54. The Balaban J connectivity index is 1.49. The van der Waals surface area contributed by atoms with E-state index >= 15 is 0 Å². The van der Waals surface area contributed by atoms with Crippen molar-refractivity contribution in [3.05, 3.63) is 46.2 Å². The van der Waals surface area contributed by atoms with Gasteiger partial charge in [-0.3, -0.25) is 9.89 Å². The minimum absolute atomic E-state index is 0.00698. The molecule has 0 aliphatic heterocycles. The summed E-state index contributed by atoms with van der Waals surface area (Å²) in [4.78, 5) is 12.2. The summed E-state index contributed by atoms with van der Waals surface area (Å²) in [5.41, 5.74) is 1.03. The number of halogens is 1. The number of hydrogen-bond acceptors (Lipinski definition) is 3. The Hall–Kier alpha value is -2.02. The lowest BCUT2D eigenvalue weighted by atomic mass is 10.1. The third kappa shape index (κ3) is 3.50. The van der Waals surface area contributed by atoms with Gasteiger partial charge in [0.1, 0.15) is 11.6 Å². The predicted molar refractivity (Wildman–Crippen MR) is 87.0 cm³/mol. The number of carbonyl (C=O) groups is 1. The molecule has 1 aliphatic carbocycles. The van der Waals surface area contributed by atoms with E-state index in [0.717, 1.165) is 24.4 Å². The van der Waals surface area contributed by atoms with Crippen molar-refractivity contribution in [1.29, 1.82) is 0 Å². The molecule has 122 valence electrons. The molecule has 1 fully saturated rings. The topological polar surface area (TPSA) is 62.7 Å². The van der Waals surface area contributed by atoms with Gasteiger partial charge in [0, 0.05) is 25.4 Å². The Morgan fingerprint density at radius 2 is 2.22 bits per heavy atom. The number of carbonyl (C=O) groups excluding carboxylic acids is 1. The number of nitrogens with one attached hydrogen (secondary N) is 2. The summed E-state index contributed by atoms with van der Waals surface area (Å²) in [5.74, 6) is 0.855. The first-order valence-electron chi connectivity index (χ1n) is 7.77. The zero-order valence-electron chi connectivity index (χ0n) is 12.9. The Morgan fingerprint density at radius 1 is 1.48 bits per heavy atom. The quantitative estimate of drug-likeness (QED) is 0.798. The summed E-state index contributed by atoms with van der Waals surface area (Å²) in [6.07, 6.45) is 1.46. The lowest BCUT2D eigenvalue weighted by molar-refractivity contribution is -0.122. The second-order valence-corrected chi connectivity index (χ2v) is 6.12.